The number of ether oxygens (including phenoxy) is 1. The summed E-state index contributed by atoms with van der Waals surface area (Å²) < 4.78 is 5.15. The fourth-order valence-corrected chi connectivity index (χ4v) is 2.65. The van der Waals surface area contributed by atoms with Gasteiger partial charge in [0, 0.05) is 0 Å². The van der Waals surface area contributed by atoms with Crippen LogP contribution in [-0.4, -0.2) is 25.0 Å². The summed E-state index contributed by atoms with van der Waals surface area (Å²) in [6.07, 6.45) is 0. The zero-order valence-electron chi connectivity index (χ0n) is 11.9. The van der Waals surface area contributed by atoms with E-state index in [1.54, 1.807) is 41.3 Å². The van der Waals surface area contributed by atoms with Gasteiger partial charge in [0.15, 0.2) is 5.75 Å². The molecule has 23 heavy (non-hydrogen) atoms. The molecule has 0 saturated carbocycles. The molecule has 1 heterocycles. The summed E-state index contributed by atoms with van der Waals surface area (Å²) in [5.74, 6) is -0.270. The topological polar surface area (TPSA) is 58.6 Å². The molecule has 1 N–H and O–H groups in total. The molecule has 5 nitrogen and oxygen atoms in total. The van der Waals surface area contributed by atoms with Gasteiger partial charge in [-0.25, -0.2) is 4.79 Å². The number of anilines is 2. The molecule has 7 heteroatoms. The normalized spacial score (nSPS) is 13.3. The van der Waals surface area contributed by atoms with Crippen LogP contribution in [0, 0.1) is 0 Å². The fraction of sp³-hybridized carbons (Fsp3) is 0.125. The van der Waals surface area contributed by atoms with Crippen molar-refractivity contribution in [1.82, 2.24) is 0 Å². The maximum absolute atomic E-state index is 12.3. The molecule has 0 atom stereocenters. The van der Waals surface area contributed by atoms with Crippen LogP contribution in [0.5, 0.6) is 5.75 Å². The second-order valence-corrected chi connectivity index (χ2v) is 5.73. The number of halogens is 2. The van der Waals surface area contributed by atoms with E-state index < -0.39 is 5.97 Å². The molecular weight excluding hydrogens is 339 g/mol. The number of carbonyl (C=O) groups is 2. The van der Waals surface area contributed by atoms with Crippen molar-refractivity contribution in [3.63, 3.8) is 0 Å². The van der Waals surface area contributed by atoms with Crippen molar-refractivity contribution >= 4 is 46.5 Å². The first-order valence-electron chi connectivity index (χ1n) is 6.83. The van der Waals surface area contributed by atoms with Gasteiger partial charge in [0.2, 0.25) is 5.91 Å². The van der Waals surface area contributed by atoms with E-state index in [0.29, 0.717) is 22.1 Å². The van der Waals surface area contributed by atoms with E-state index in [1.165, 1.54) is 0 Å². The SMILES string of the molecule is O=C(CN1CC(=O)Oc2ccccc21)Nc1cccc(Cl)c1Cl. The quantitative estimate of drug-likeness (QED) is 0.681. The Morgan fingerprint density at radius 2 is 1.96 bits per heavy atom. The number of carbonyl (C=O) groups excluding carboxylic acids is 2. The van der Waals surface area contributed by atoms with Crippen LogP contribution in [0.3, 0.4) is 0 Å². The van der Waals surface area contributed by atoms with Gasteiger partial charge >= 0.3 is 5.97 Å². The van der Waals surface area contributed by atoms with Crippen LogP contribution in [-0.2, 0) is 9.59 Å². The van der Waals surface area contributed by atoms with E-state index in [-0.39, 0.29) is 24.0 Å². The molecule has 3 rings (SSSR count). The summed E-state index contributed by atoms with van der Waals surface area (Å²) in [5.41, 5.74) is 1.12. The third-order valence-electron chi connectivity index (χ3n) is 3.31. The summed E-state index contributed by atoms with van der Waals surface area (Å²) in [6.45, 7) is 0.00265. The van der Waals surface area contributed by atoms with Gasteiger partial charge in [-0.3, -0.25) is 4.79 Å². The molecule has 0 spiro atoms. The molecule has 1 amide bonds. The van der Waals surface area contributed by atoms with E-state index in [2.05, 4.69) is 5.32 Å². The lowest BCUT2D eigenvalue weighted by atomic mass is 10.2. The molecular formula is C16H12Cl2N2O3. The van der Waals surface area contributed by atoms with Crippen LogP contribution < -0.4 is 15.0 Å². The highest BCUT2D eigenvalue weighted by atomic mass is 35.5. The smallest absolute Gasteiger partial charge is 0.331 e. The molecule has 0 aromatic heterocycles. The molecule has 0 bridgehead atoms. The van der Waals surface area contributed by atoms with Crippen LogP contribution in [0.15, 0.2) is 42.5 Å². The van der Waals surface area contributed by atoms with Gasteiger partial charge in [0.05, 0.1) is 28.0 Å². The number of amides is 1. The molecule has 1 aliphatic heterocycles. The highest BCUT2D eigenvalue weighted by molar-refractivity contribution is 6.44. The third kappa shape index (κ3) is 3.41. The molecule has 2 aromatic rings. The Morgan fingerprint density at radius 3 is 2.78 bits per heavy atom. The van der Waals surface area contributed by atoms with E-state index in [0.717, 1.165) is 0 Å². The Balaban J connectivity index is 1.76. The Morgan fingerprint density at radius 1 is 1.17 bits per heavy atom. The van der Waals surface area contributed by atoms with Crippen LogP contribution >= 0.6 is 23.2 Å². The van der Waals surface area contributed by atoms with E-state index in [9.17, 15) is 9.59 Å². The predicted octanol–water partition coefficient (Wildman–Crippen LogP) is 3.36. The van der Waals surface area contributed by atoms with Crippen LogP contribution in [0.2, 0.25) is 10.0 Å². The van der Waals surface area contributed by atoms with Crippen molar-refractivity contribution in [3.05, 3.63) is 52.5 Å². The average Bonchev–Trinajstić information content (AvgIpc) is 2.51. The highest BCUT2D eigenvalue weighted by Gasteiger charge is 2.25. The number of hydrogen-bond acceptors (Lipinski definition) is 4. The number of rotatable bonds is 3. The van der Waals surface area contributed by atoms with Crippen molar-refractivity contribution in [2.24, 2.45) is 0 Å². The first-order valence-corrected chi connectivity index (χ1v) is 7.58. The Bertz CT molecular complexity index is 780. The molecule has 118 valence electrons. The lowest BCUT2D eigenvalue weighted by Crippen LogP contribution is -2.41. The van der Waals surface area contributed by atoms with Crippen molar-refractivity contribution in [3.8, 4) is 5.75 Å². The molecule has 0 unspecified atom stereocenters. The highest BCUT2D eigenvalue weighted by Crippen LogP contribution is 2.32. The van der Waals surface area contributed by atoms with E-state index in [4.69, 9.17) is 27.9 Å². The first-order chi connectivity index (χ1) is 11.0. The average molecular weight is 351 g/mol. The Hall–Kier alpha value is -2.24. The molecule has 2 aromatic carbocycles. The molecule has 1 aliphatic rings. The van der Waals surface area contributed by atoms with Gasteiger partial charge in [-0.05, 0) is 24.3 Å². The lowest BCUT2D eigenvalue weighted by molar-refractivity contribution is -0.133. The lowest BCUT2D eigenvalue weighted by Gasteiger charge is -2.29. The predicted molar refractivity (Wildman–Crippen MR) is 89.4 cm³/mol. The third-order valence-corrected chi connectivity index (χ3v) is 4.13. The minimum absolute atomic E-state index is 0.00500. The second-order valence-electron chi connectivity index (χ2n) is 4.95. The summed E-state index contributed by atoms with van der Waals surface area (Å²) in [5, 5.41) is 3.33. The van der Waals surface area contributed by atoms with Crippen LogP contribution in [0.4, 0.5) is 11.4 Å². The number of benzene rings is 2. The van der Waals surface area contributed by atoms with Crippen LogP contribution in [0.1, 0.15) is 0 Å². The van der Waals surface area contributed by atoms with E-state index >= 15 is 0 Å². The monoisotopic (exact) mass is 350 g/mol. The van der Waals surface area contributed by atoms with Crippen molar-refractivity contribution in [2.75, 3.05) is 23.3 Å². The van der Waals surface area contributed by atoms with Gasteiger partial charge in [-0.15, -0.1) is 0 Å². The summed E-state index contributed by atoms with van der Waals surface area (Å²) >= 11 is 12.0. The van der Waals surface area contributed by atoms with Crippen molar-refractivity contribution < 1.29 is 14.3 Å². The maximum Gasteiger partial charge on any atom is 0.331 e. The minimum atomic E-state index is -0.405. The standard InChI is InChI=1S/C16H12Cl2N2O3/c17-10-4-3-5-11(16(10)18)19-14(21)8-20-9-15(22)23-13-7-2-1-6-12(13)20/h1-7H,8-9H2,(H,19,21). The number of para-hydroxylation sites is 2. The van der Waals surface area contributed by atoms with Gasteiger partial charge < -0.3 is 15.0 Å². The molecule has 0 aliphatic carbocycles. The second kappa shape index (κ2) is 6.48. The number of hydrogen-bond donors (Lipinski definition) is 1. The van der Waals surface area contributed by atoms with Crippen molar-refractivity contribution in [1.29, 1.82) is 0 Å². The van der Waals surface area contributed by atoms with Crippen molar-refractivity contribution in [2.45, 2.75) is 0 Å². The largest absolute Gasteiger partial charge is 0.423 e. The summed E-state index contributed by atoms with van der Waals surface area (Å²) in [4.78, 5) is 25.5. The van der Waals surface area contributed by atoms with Gasteiger partial charge in [0.25, 0.3) is 0 Å². The number of fused-ring (bicyclic) bond motifs is 1. The number of nitrogens with zero attached hydrogens (tertiary/aromatic N) is 1. The number of nitrogens with one attached hydrogen (secondary N) is 1. The Kier molecular flexibility index (Phi) is 4.41. The molecule has 0 saturated heterocycles. The summed E-state index contributed by atoms with van der Waals surface area (Å²) in [7, 11) is 0. The first kappa shape index (κ1) is 15.6. The van der Waals surface area contributed by atoms with Gasteiger partial charge in [-0.1, -0.05) is 41.4 Å². The van der Waals surface area contributed by atoms with Gasteiger partial charge in [-0.2, -0.15) is 0 Å². The van der Waals surface area contributed by atoms with Crippen LogP contribution in [0.25, 0.3) is 0 Å². The minimum Gasteiger partial charge on any atom is -0.423 e. The fourth-order valence-electron chi connectivity index (χ4n) is 2.31. The van der Waals surface area contributed by atoms with E-state index in [1.807, 2.05) is 6.07 Å². The molecule has 0 fully saturated rings. The zero-order valence-corrected chi connectivity index (χ0v) is 13.4. The number of esters is 1. The summed E-state index contributed by atoms with van der Waals surface area (Å²) in [6, 6.07) is 12.0. The van der Waals surface area contributed by atoms with Gasteiger partial charge in [0.1, 0.15) is 6.54 Å². The maximum atomic E-state index is 12.3. The Labute approximate surface area is 142 Å². The molecule has 0 radical (unpaired) electrons. The zero-order chi connectivity index (χ0) is 16.4.